The fraction of sp³-hybridized carbons (Fsp3) is 0.658. The molecule has 2 aromatic carbocycles. The van der Waals surface area contributed by atoms with Gasteiger partial charge in [-0.2, -0.15) is 0 Å². The minimum absolute atomic E-state index is 0.333. The van der Waals surface area contributed by atoms with Gasteiger partial charge in [0.2, 0.25) is 0 Å². The summed E-state index contributed by atoms with van der Waals surface area (Å²) in [6.45, 7) is 5.24. The Labute approximate surface area is 251 Å². The molecule has 41 heavy (non-hydrogen) atoms. The van der Waals surface area contributed by atoms with Gasteiger partial charge in [0.25, 0.3) is 0 Å². The largest absolute Gasteiger partial charge is 0.494 e. The summed E-state index contributed by atoms with van der Waals surface area (Å²) in [5.41, 5.74) is 3.37. The van der Waals surface area contributed by atoms with Crippen molar-refractivity contribution in [1.82, 2.24) is 0 Å². The summed E-state index contributed by atoms with van der Waals surface area (Å²) in [4.78, 5) is 12.0. The first-order valence-corrected chi connectivity index (χ1v) is 17.2. The number of hydrogen-bond acceptors (Lipinski definition) is 2. The molecule has 3 nitrogen and oxygen atoms in total. The van der Waals surface area contributed by atoms with E-state index < -0.39 is 5.97 Å². The maximum absolute atomic E-state index is 12.0. The molecule has 1 N–H and O–H groups in total. The summed E-state index contributed by atoms with van der Waals surface area (Å²) in [7, 11) is 0. The van der Waals surface area contributed by atoms with Crippen LogP contribution in [0.4, 0.5) is 0 Å². The van der Waals surface area contributed by atoms with E-state index in [2.05, 4.69) is 38.1 Å². The maximum Gasteiger partial charge on any atom is 0.336 e. The van der Waals surface area contributed by atoms with Crippen LogP contribution in [0.2, 0.25) is 0 Å². The van der Waals surface area contributed by atoms with Crippen LogP contribution in [-0.4, -0.2) is 17.7 Å². The van der Waals surface area contributed by atoms with Gasteiger partial charge in [-0.15, -0.1) is 0 Å². The molecule has 2 aromatic rings. The lowest BCUT2D eigenvalue weighted by Gasteiger charge is -2.28. The molecule has 0 radical (unpaired) electrons. The van der Waals surface area contributed by atoms with Crippen LogP contribution in [0.3, 0.4) is 0 Å². The predicted octanol–water partition coefficient (Wildman–Crippen LogP) is 11.7. The number of rotatable bonds is 21. The van der Waals surface area contributed by atoms with Crippen molar-refractivity contribution in [3.8, 4) is 16.9 Å². The van der Waals surface area contributed by atoms with Crippen LogP contribution >= 0.6 is 0 Å². The summed E-state index contributed by atoms with van der Waals surface area (Å²) in [6.07, 6.45) is 26.6. The van der Waals surface area contributed by atoms with Crippen molar-refractivity contribution in [3.63, 3.8) is 0 Å². The summed E-state index contributed by atoms with van der Waals surface area (Å²) in [6, 6.07) is 14.0. The topological polar surface area (TPSA) is 46.5 Å². The van der Waals surface area contributed by atoms with Crippen molar-refractivity contribution >= 4 is 5.97 Å². The quantitative estimate of drug-likeness (QED) is 0.154. The van der Waals surface area contributed by atoms with Gasteiger partial charge in [0.15, 0.2) is 0 Å². The number of benzene rings is 2. The van der Waals surface area contributed by atoms with Gasteiger partial charge in [-0.1, -0.05) is 147 Å². The van der Waals surface area contributed by atoms with Crippen LogP contribution in [0.1, 0.15) is 152 Å². The Morgan fingerprint density at radius 2 is 1.27 bits per heavy atom. The van der Waals surface area contributed by atoms with Gasteiger partial charge in [0.05, 0.1) is 12.2 Å². The van der Waals surface area contributed by atoms with Crippen molar-refractivity contribution in [2.45, 2.75) is 142 Å². The zero-order valence-electron chi connectivity index (χ0n) is 26.3. The maximum atomic E-state index is 12.0. The first kappa shape index (κ1) is 33.2. The van der Waals surface area contributed by atoms with E-state index in [1.54, 1.807) is 12.1 Å². The predicted molar refractivity (Wildman–Crippen MR) is 174 cm³/mol. The monoisotopic (exact) mass is 562 g/mol. The smallest absolute Gasteiger partial charge is 0.336 e. The molecule has 1 aliphatic carbocycles. The minimum atomic E-state index is -0.893. The highest BCUT2D eigenvalue weighted by Crippen LogP contribution is 2.35. The third-order valence-corrected chi connectivity index (χ3v) is 9.28. The number of unbranched alkanes of at least 4 members (excludes halogenated alkanes) is 11. The lowest BCUT2D eigenvalue weighted by Crippen LogP contribution is -2.15. The van der Waals surface area contributed by atoms with E-state index in [4.69, 9.17) is 4.74 Å². The molecule has 0 bridgehead atoms. The van der Waals surface area contributed by atoms with Crippen LogP contribution in [0.15, 0.2) is 42.5 Å². The van der Waals surface area contributed by atoms with Crippen LogP contribution in [0.5, 0.6) is 5.75 Å². The van der Waals surface area contributed by atoms with Crippen LogP contribution in [0, 0.1) is 11.8 Å². The number of ether oxygens (including phenoxy) is 1. The molecular weight excluding hydrogens is 504 g/mol. The average Bonchev–Trinajstić information content (AvgIpc) is 2.99. The summed E-state index contributed by atoms with van der Waals surface area (Å²) in [5, 5.41) is 9.82. The van der Waals surface area contributed by atoms with Gasteiger partial charge in [-0.3, -0.25) is 0 Å². The summed E-state index contributed by atoms with van der Waals surface area (Å²) >= 11 is 0. The second-order valence-corrected chi connectivity index (χ2v) is 12.7. The number of aryl methyl sites for hydroxylation is 1. The number of carbonyl (C=O) groups is 1. The average molecular weight is 563 g/mol. The van der Waals surface area contributed by atoms with Crippen molar-refractivity contribution in [1.29, 1.82) is 0 Å². The van der Waals surface area contributed by atoms with E-state index in [1.165, 1.54) is 121 Å². The molecule has 228 valence electrons. The Bertz CT molecular complexity index is 972. The fourth-order valence-corrected chi connectivity index (χ4v) is 6.53. The zero-order valence-corrected chi connectivity index (χ0v) is 26.3. The standard InChI is InChI=1S/C38H58O3/c1-3-5-7-8-9-10-11-12-13-15-29-41-35-27-28-36(38(39)40)37(30-35)34-25-23-33(24-26-34)22-21-32-19-17-31(18-20-32)16-14-6-4-2/h23-28,30-32H,3-22,29H2,1-2H3,(H,39,40). The van der Waals surface area contributed by atoms with Gasteiger partial charge in [0, 0.05) is 0 Å². The summed E-state index contributed by atoms with van der Waals surface area (Å²) in [5.74, 6) is 1.70. The third kappa shape index (κ3) is 12.6. The van der Waals surface area contributed by atoms with E-state index in [-0.39, 0.29) is 0 Å². The van der Waals surface area contributed by atoms with E-state index in [0.717, 1.165) is 41.6 Å². The zero-order chi connectivity index (χ0) is 29.1. The first-order chi connectivity index (χ1) is 20.1. The molecule has 0 saturated heterocycles. The Morgan fingerprint density at radius 1 is 0.707 bits per heavy atom. The molecule has 1 fully saturated rings. The molecule has 3 rings (SSSR count). The van der Waals surface area contributed by atoms with Gasteiger partial charge in [-0.05, 0) is 66.0 Å². The van der Waals surface area contributed by atoms with E-state index in [0.29, 0.717) is 12.2 Å². The highest BCUT2D eigenvalue weighted by Gasteiger charge is 2.20. The van der Waals surface area contributed by atoms with Crippen LogP contribution < -0.4 is 4.74 Å². The Morgan fingerprint density at radius 3 is 1.88 bits per heavy atom. The highest BCUT2D eigenvalue weighted by atomic mass is 16.5. The van der Waals surface area contributed by atoms with Gasteiger partial charge < -0.3 is 9.84 Å². The number of carboxylic acid groups (broad SMARTS) is 1. The van der Waals surface area contributed by atoms with E-state index >= 15 is 0 Å². The van der Waals surface area contributed by atoms with Gasteiger partial charge in [0.1, 0.15) is 5.75 Å². The normalized spacial score (nSPS) is 17.0. The van der Waals surface area contributed by atoms with E-state index in [1.807, 2.05) is 6.07 Å². The van der Waals surface area contributed by atoms with Crippen molar-refractivity contribution < 1.29 is 14.6 Å². The Balaban J connectivity index is 1.42. The van der Waals surface area contributed by atoms with Crippen molar-refractivity contribution in [2.24, 2.45) is 11.8 Å². The Kier molecular flexibility index (Phi) is 16.0. The molecule has 0 atom stereocenters. The second kappa shape index (κ2) is 19.8. The van der Waals surface area contributed by atoms with Crippen LogP contribution in [0.25, 0.3) is 11.1 Å². The number of hydrogen-bond donors (Lipinski definition) is 1. The molecule has 1 saturated carbocycles. The Hall–Kier alpha value is -2.29. The van der Waals surface area contributed by atoms with Crippen molar-refractivity contribution in [2.75, 3.05) is 6.61 Å². The van der Waals surface area contributed by atoms with Crippen molar-refractivity contribution in [3.05, 3.63) is 53.6 Å². The van der Waals surface area contributed by atoms with E-state index in [9.17, 15) is 9.90 Å². The second-order valence-electron chi connectivity index (χ2n) is 12.7. The molecule has 3 heteroatoms. The van der Waals surface area contributed by atoms with Gasteiger partial charge in [-0.25, -0.2) is 4.79 Å². The fourth-order valence-electron chi connectivity index (χ4n) is 6.53. The minimum Gasteiger partial charge on any atom is -0.494 e. The molecule has 0 spiro atoms. The molecule has 0 unspecified atom stereocenters. The third-order valence-electron chi connectivity index (χ3n) is 9.28. The molecule has 1 aliphatic rings. The number of aromatic carboxylic acids is 1. The lowest BCUT2D eigenvalue weighted by atomic mass is 9.78. The first-order valence-electron chi connectivity index (χ1n) is 17.2. The molecule has 0 aromatic heterocycles. The molecular formula is C38H58O3. The molecule has 0 heterocycles. The van der Waals surface area contributed by atoms with Crippen LogP contribution in [-0.2, 0) is 6.42 Å². The molecule has 0 amide bonds. The lowest BCUT2D eigenvalue weighted by molar-refractivity contribution is 0.0697. The number of carboxylic acids is 1. The highest BCUT2D eigenvalue weighted by molar-refractivity contribution is 5.96. The molecule has 0 aliphatic heterocycles. The SMILES string of the molecule is CCCCCCCCCCCCOc1ccc(C(=O)O)c(-c2ccc(CCC3CCC(CCCCC)CC3)cc2)c1. The van der Waals surface area contributed by atoms with Gasteiger partial charge >= 0.3 is 5.97 Å². The summed E-state index contributed by atoms with van der Waals surface area (Å²) < 4.78 is 6.05.